The van der Waals surface area contributed by atoms with Crippen molar-refractivity contribution >= 4 is 50.2 Å². The predicted octanol–water partition coefficient (Wildman–Crippen LogP) is 3.18. The lowest BCUT2D eigenvalue weighted by atomic mass is 9.97. The zero-order chi connectivity index (χ0) is 47.8. The van der Waals surface area contributed by atoms with Gasteiger partial charge in [-0.15, -0.1) is 0 Å². The van der Waals surface area contributed by atoms with Gasteiger partial charge < -0.3 is 19.4 Å². The van der Waals surface area contributed by atoms with Crippen molar-refractivity contribution in [2.75, 3.05) is 68.5 Å². The minimum Gasteiger partial charge on any atom is -0.453 e. The first-order valence-electron chi connectivity index (χ1n) is 22.9. The van der Waals surface area contributed by atoms with Crippen molar-refractivity contribution < 1.29 is 36.3 Å². The second-order valence-electron chi connectivity index (χ2n) is 18.6. The van der Waals surface area contributed by atoms with E-state index in [1.54, 1.807) is 23.4 Å². The number of benzene rings is 3. The highest BCUT2D eigenvalue weighted by Gasteiger charge is 2.52. The molecule has 1 aliphatic carbocycles. The number of carbonyl (C=O) groups excluding carboxylic acids is 3. The van der Waals surface area contributed by atoms with Crippen molar-refractivity contribution in [3.63, 3.8) is 0 Å². The van der Waals surface area contributed by atoms with Crippen molar-refractivity contribution in [2.45, 2.75) is 56.4 Å². The highest BCUT2D eigenvalue weighted by Crippen LogP contribution is 2.50. The number of nitrogens with one attached hydrogen (secondary N) is 2. The summed E-state index contributed by atoms with van der Waals surface area (Å²) < 4.78 is 65.1. The van der Waals surface area contributed by atoms with E-state index in [2.05, 4.69) is 35.8 Å². The Morgan fingerprint density at radius 3 is 2.41 bits per heavy atom. The first kappa shape index (κ1) is 44.6. The molecule has 356 valence electrons. The molecule has 7 heterocycles. The Bertz CT molecular complexity index is 3150. The zero-order valence-corrected chi connectivity index (χ0v) is 38.0. The maximum atomic E-state index is 15.2. The number of aromatic nitrogens is 4. The third-order valence-corrected chi connectivity index (χ3v) is 15.7. The summed E-state index contributed by atoms with van der Waals surface area (Å²) in [4.78, 5) is 74.0. The number of nitriles is 1. The predicted molar refractivity (Wildman–Crippen MR) is 245 cm³/mol. The van der Waals surface area contributed by atoms with Gasteiger partial charge in [-0.2, -0.15) is 18.0 Å². The number of nitrogens with zero attached hydrogens (tertiary/aromatic N) is 10. The van der Waals surface area contributed by atoms with Gasteiger partial charge in [0.2, 0.25) is 11.8 Å². The smallest absolute Gasteiger partial charge is 0.301 e. The molecule has 5 aromatic rings. The van der Waals surface area contributed by atoms with E-state index in [1.165, 1.54) is 29.1 Å². The highest BCUT2D eigenvalue weighted by atomic mass is 32.2. The number of anilines is 2. The Kier molecular flexibility index (Phi) is 11.1. The molecule has 5 fully saturated rings. The molecule has 22 heteroatoms. The van der Waals surface area contributed by atoms with E-state index in [-0.39, 0.29) is 60.1 Å². The third-order valence-electron chi connectivity index (χ3n) is 14.2. The van der Waals surface area contributed by atoms with Gasteiger partial charge in [0.25, 0.3) is 11.5 Å². The van der Waals surface area contributed by atoms with Crippen LogP contribution in [-0.2, 0) is 31.9 Å². The number of piperazine rings is 1. The Balaban J connectivity index is 0.704. The molecule has 3 amide bonds. The summed E-state index contributed by atoms with van der Waals surface area (Å²) in [5, 5.41) is 12.5. The van der Waals surface area contributed by atoms with Crippen LogP contribution in [0, 0.1) is 23.1 Å². The maximum absolute atomic E-state index is 15.2. The number of hydrogen-bond donors (Lipinski definition) is 2. The van der Waals surface area contributed by atoms with Crippen LogP contribution in [0.1, 0.15) is 59.4 Å². The van der Waals surface area contributed by atoms with Crippen LogP contribution in [0.5, 0.6) is 11.5 Å². The number of alkyl halides is 1. The summed E-state index contributed by atoms with van der Waals surface area (Å²) in [5.74, 6) is -1.22. The molecule has 11 rings (SSSR count). The van der Waals surface area contributed by atoms with Crippen LogP contribution >= 0.6 is 0 Å². The molecular formula is C47H46F2N12O7S. The number of piperidine rings is 1. The fraction of sp³-hybridized carbons (Fsp3) is 0.404. The van der Waals surface area contributed by atoms with Crippen LogP contribution in [0.4, 0.5) is 20.2 Å². The lowest BCUT2D eigenvalue weighted by Gasteiger charge is -2.45. The van der Waals surface area contributed by atoms with Crippen molar-refractivity contribution in [2.24, 2.45) is 5.92 Å². The number of halogens is 2. The lowest BCUT2D eigenvalue weighted by molar-refractivity contribution is -0.136. The molecule has 4 saturated heterocycles. The number of amides is 3. The van der Waals surface area contributed by atoms with Crippen LogP contribution < -0.4 is 25.2 Å². The Morgan fingerprint density at radius 1 is 0.913 bits per heavy atom. The molecule has 0 bridgehead atoms. The summed E-state index contributed by atoms with van der Waals surface area (Å²) in [6.45, 7) is 6.32. The number of rotatable bonds is 12. The van der Waals surface area contributed by atoms with E-state index in [0.717, 1.165) is 86.3 Å². The molecule has 5 aliphatic heterocycles. The normalized spacial score (nSPS) is 22.1. The van der Waals surface area contributed by atoms with E-state index in [1.807, 2.05) is 12.1 Å². The van der Waals surface area contributed by atoms with Gasteiger partial charge in [-0.3, -0.25) is 38.7 Å². The van der Waals surface area contributed by atoms with Crippen molar-refractivity contribution in [3.05, 3.63) is 106 Å². The molecule has 19 nitrogen and oxygen atoms in total. The van der Waals surface area contributed by atoms with Gasteiger partial charge in [-0.05, 0) is 79.8 Å². The van der Waals surface area contributed by atoms with Crippen LogP contribution in [0.2, 0.25) is 0 Å². The van der Waals surface area contributed by atoms with E-state index >= 15 is 4.39 Å². The molecule has 2 aromatic heterocycles. The topological polar surface area (TPSA) is 219 Å². The van der Waals surface area contributed by atoms with Crippen molar-refractivity contribution in [1.82, 2.24) is 43.8 Å². The Hall–Kier alpha value is -6.93. The molecular weight excluding hydrogens is 915 g/mol. The number of imide groups is 1. The molecule has 6 aliphatic rings. The second kappa shape index (κ2) is 17.2. The largest absolute Gasteiger partial charge is 0.453 e. The van der Waals surface area contributed by atoms with Gasteiger partial charge in [0.15, 0.2) is 11.6 Å². The molecule has 0 spiro atoms. The van der Waals surface area contributed by atoms with E-state index in [9.17, 15) is 37.2 Å². The molecule has 0 radical (unpaired) electrons. The van der Waals surface area contributed by atoms with Crippen LogP contribution in [0.25, 0.3) is 16.6 Å². The molecule has 1 saturated carbocycles. The first-order chi connectivity index (χ1) is 33.3. The quantitative estimate of drug-likeness (QED) is 0.172. The summed E-state index contributed by atoms with van der Waals surface area (Å²) in [6, 6.07) is 13.4. The fourth-order valence-corrected chi connectivity index (χ4v) is 11.6. The van der Waals surface area contributed by atoms with Gasteiger partial charge in [0.1, 0.15) is 41.7 Å². The summed E-state index contributed by atoms with van der Waals surface area (Å²) in [6.07, 6.45) is 5.68. The van der Waals surface area contributed by atoms with E-state index in [4.69, 9.17) is 14.7 Å². The number of fused-ring (bicyclic) bond motifs is 2. The summed E-state index contributed by atoms with van der Waals surface area (Å²) in [7, 11) is -4.25. The molecule has 2 atom stereocenters. The number of carbonyl (C=O) groups is 3. The lowest BCUT2D eigenvalue weighted by Crippen LogP contribution is -2.56. The van der Waals surface area contributed by atoms with E-state index < -0.39 is 51.0 Å². The number of ether oxygens (including phenoxy) is 1. The second-order valence-corrected chi connectivity index (χ2v) is 20.2. The monoisotopic (exact) mass is 960 g/mol. The SMILES string of the molecule is N#Cc1c(NS(=O)(=O)N2CC[C@@H](F)C2)ccc(F)c1Oc1ccc2ncn(-c3cnc(C4(N5CCN(CC6CN(c7ccc8c(c7)CN(C7CCC(=O)NC7=O)C8=O)C6)CC5)CC4)nc3)c(=O)c2c1. The van der Waals surface area contributed by atoms with Gasteiger partial charge in [-0.1, -0.05) is 0 Å². The van der Waals surface area contributed by atoms with Crippen molar-refractivity contribution in [1.29, 1.82) is 5.26 Å². The molecule has 2 N–H and O–H groups in total. The maximum Gasteiger partial charge on any atom is 0.301 e. The van der Waals surface area contributed by atoms with Gasteiger partial charge >= 0.3 is 10.2 Å². The Labute approximate surface area is 394 Å². The highest BCUT2D eigenvalue weighted by molar-refractivity contribution is 7.90. The van der Waals surface area contributed by atoms with Crippen LogP contribution in [0.15, 0.2) is 72.0 Å². The molecule has 3 aromatic carbocycles. The Morgan fingerprint density at radius 2 is 1.70 bits per heavy atom. The first-order valence-corrected chi connectivity index (χ1v) is 24.4. The van der Waals surface area contributed by atoms with E-state index in [0.29, 0.717) is 41.5 Å². The van der Waals surface area contributed by atoms with Gasteiger partial charge in [-0.25, -0.2) is 23.7 Å². The van der Waals surface area contributed by atoms with Crippen LogP contribution in [0.3, 0.4) is 0 Å². The fourth-order valence-electron chi connectivity index (χ4n) is 10.3. The standard InChI is InChI=1S/C47H46F2N12O7S/c48-30-9-12-59(26-30)69(66,67)55-39-6-4-37(49)42(36(39)19-50)68-33-2-5-38-35(18-33)45(65)61(27-53-38)32-20-51-46(52-21-32)47(10-11-47)58-15-13-56(14-16-58)22-28-23-57(24-28)31-1-3-34-29(17-31)25-60(44(34)64)40-7-8-41(62)54-43(40)63/h1-6,17-18,20-21,27-28,30,40,55H,7-16,22-26H2,(H,54,62,63)/t30-,40?/m1/s1. The minimum atomic E-state index is -4.25. The zero-order valence-electron chi connectivity index (χ0n) is 37.2. The molecule has 69 heavy (non-hydrogen) atoms. The average molecular weight is 961 g/mol. The van der Waals surface area contributed by atoms with Gasteiger partial charge in [0.05, 0.1) is 40.2 Å². The summed E-state index contributed by atoms with van der Waals surface area (Å²) >= 11 is 0. The van der Waals surface area contributed by atoms with Crippen LogP contribution in [-0.4, -0.2) is 136 Å². The number of hydrogen-bond acceptors (Lipinski definition) is 14. The average Bonchev–Trinajstić information content (AvgIpc) is 3.91. The third kappa shape index (κ3) is 8.21. The van der Waals surface area contributed by atoms with Gasteiger partial charge in [0, 0.05) is 89.0 Å². The summed E-state index contributed by atoms with van der Waals surface area (Å²) in [5.41, 5.74) is 1.84. The molecule has 1 unspecified atom stereocenters. The minimum absolute atomic E-state index is 0.0104. The van der Waals surface area contributed by atoms with Crippen molar-refractivity contribution in [3.8, 4) is 23.3 Å².